The monoisotopic (exact) mass is 403 g/mol. The molecule has 1 aromatic carbocycles. The van der Waals surface area contributed by atoms with Crippen LogP contribution in [0.15, 0.2) is 36.4 Å². The van der Waals surface area contributed by atoms with Crippen molar-refractivity contribution in [1.82, 2.24) is 4.98 Å². The van der Waals surface area contributed by atoms with E-state index in [4.69, 9.17) is 15.7 Å². The molecule has 2 N–H and O–H groups in total. The molecule has 2 fully saturated rings. The molecular weight excluding hydrogens is 378 g/mol. The molecule has 0 atom stereocenters. The molecule has 2 saturated carbocycles. The fraction of sp³-hybridized carbons (Fsp3) is 0.417. The summed E-state index contributed by atoms with van der Waals surface area (Å²) in [5.41, 5.74) is 9.08. The molecule has 2 aromatic rings. The van der Waals surface area contributed by atoms with Gasteiger partial charge in [0.15, 0.2) is 5.78 Å². The second-order valence-corrected chi connectivity index (χ2v) is 8.27. The number of ketones is 1. The quantitative estimate of drug-likeness (QED) is 0.711. The summed E-state index contributed by atoms with van der Waals surface area (Å²) in [6.07, 6.45) is 4.89. The fourth-order valence-corrected chi connectivity index (χ4v) is 4.37. The summed E-state index contributed by atoms with van der Waals surface area (Å²) in [4.78, 5) is 28.8. The second-order valence-electron chi connectivity index (χ2n) is 8.27. The Kier molecular flexibility index (Phi) is 5.80. The highest BCUT2D eigenvalue weighted by molar-refractivity contribution is 5.97. The number of hydrogen-bond acceptors (Lipinski definition) is 5. The Hall–Kier alpha value is -3.20. The largest absolute Gasteiger partial charge is 0.443 e. The molecule has 30 heavy (non-hydrogen) atoms. The van der Waals surface area contributed by atoms with Gasteiger partial charge in [0.1, 0.15) is 12.3 Å². The molecule has 0 unspecified atom stereocenters. The van der Waals surface area contributed by atoms with E-state index in [-0.39, 0.29) is 18.3 Å². The van der Waals surface area contributed by atoms with Crippen LogP contribution in [0, 0.1) is 17.2 Å². The van der Waals surface area contributed by atoms with Crippen LogP contribution < -0.4 is 5.73 Å². The van der Waals surface area contributed by atoms with Crippen molar-refractivity contribution < 1.29 is 14.3 Å². The van der Waals surface area contributed by atoms with E-state index in [1.54, 1.807) is 0 Å². The number of hydrogen-bond donors (Lipinski definition) is 1. The minimum Gasteiger partial charge on any atom is -0.443 e. The number of nitrogens with zero attached hydrogens (tertiary/aromatic N) is 2. The summed E-state index contributed by atoms with van der Waals surface area (Å²) >= 11 is 0. The molecule has 2 aliphatic carbocycles. The Morgan fingerprint density at radius 3 is 2.27 bits per heavy atom. The first-order valence-corrected chi connectivity index (χ1v) is 10.5. The molecule has 0 spiro atoms. The van der Waals surface area contributed by atoms with E-state index in [2.05, 4.69) is 11.1 Å². The lowest BCUT2D eigenvalue weighted by molar-refractivity contribution is 0.0876. The number of nitrogens with two attached hydrogens (primary N) is 1. The zero-order valence-corrected chi connectivity index (χ0v) is 16.8. The Labute approximate surface area is 176 Å². The molecular formula is C24H25N3O3. The van der Waals surface area contributed by atoms with Gasteiger partial charge in [0.25, 0.3) is 0 Å². The molecule has 0 saturated heterocycles. The van der Waals surface area contributed by atoms with Gasteiger partial charge in [0.2, 0.25) is 0 Å². The smallest absolute Gasteiger partial charge is 0.404 e. The number of Topliss-reactive ketones (excluding diaryl/α,β-unsaturated/α-hetero) is 1. The lowest BCUT2D eigenvalue weighted by atomic mass is 9.76. The predicted octanol–water partition coefficient (Wildman–Crippen LogP) is 4.58. The van der Waals surface area contributed by atoms with Crippen LogP contribution in [-0.2, 0) is 11.3 Å². The summed E-state index contributed by atoms with van der Waals surface area (Å²) in [7, 11) is 0. The van der Waals surface area contributed by atoms with Gasteiger partial charge in [-0.2, -0.15) is 5.26 Å². The van der Waals surface area contributed by atoms with Crippen molar-refractivity contribution in [3.8, 4) is 6.07 Å². The van der Waals surface area contributed by atoms with Gasteiger partial charge in [-0.1, -0.05) is 18.2 Å². The van der Waals surface area contributed by atoms with Crippen molar-refractivity contribution in [3.05, 3.63) is 64.5 Å². The van der Waals surface area contributed by atoms with E-state index in [0.717, 1.165) is 44.1 Å². The summed E-state index contributed by atoms with van der Waals surface area (Å²) < 4.78 is 4.85. The molecule has 1 aromatic heterocycles. The van der Waals surface area contributed by atoms with E-state index in [0.29, 0.717) is 28.8 Å². The lowest BCUT2D eigenvalue weighted by Crippen LogP contribution is -2.24. The predicted molar refractivity (Wildman–Crippen MR) is 111 cm³/mol. The van der Waals surface area contributed by atoms with E-state index in [1.165, 1.54) is 5.56 Å². The highest BCUT2D eigenvalue weighted by Gasteiger charge is 2.34. The first kappa shape index (κ1) is 20.1. The minimum atomic E-state index is -0.850. The molecule has 0 radical (unpaired) electrons. The Balaban J connectivity index is 1.46. The zero-order chi connectivity index (χ0) is 21.1. The maximum absolute atomic E-state index is 13.3. The third-order valence-electron chi connectivity index (χ3n) is 6.21. The van der Waals surface area contributed by atoms with Crippen molar-refractivity contribution in [2.24, 2.45) is 11.7 Å². The van der Waals surface area contributed by atoms with Gasteiger partial charge in [-0.05, 0) is 79.7 Å². The van der Waals surface area contributed by atoms with Crippen LogP contribution in [0.2, 0.25) is 0 Å². The minimum absolute atomic E-state index is 0.0218. The Bertz CT molecular complexity index is 982. The van der Waals surface area contributed by atoms with Crippen LogP contribution in [0.3, 0.4) is 0 Å². The van der Waals surface area contributed by atoms with Crippen molar-refractivity contribution >= 4 is 11.9 Å². The molecule has 154 valence electrons. The summed E-state index contributed by atoms with van der Waals surface area (Å²) in [6.45, 7) is -0.0218. The van der Waals surface area contributed by atoms with Crippen molar-refractivity contribution in [3.63, 3.8) is 0 Å². The summed E-state index contributed by atoms with van der Waals surface area (Å²) in [6, 6.07) is 13.7. The summed E-state index contributed by atoms with van der Waals surface area (Å²) in [5.74, 6) is 0.915. The first-order valence-electron chi connectivity index (χ1n) is 10.5. The normalized spacial score (nSPS) is 20.9. The standard InChI is InChI=1S/C24H25N3O3/c25-13-15-1-3-16(4-2-15)17-5-9-19(10-6-17)23(28)22-21(18-7-8-18)12-11-20(27-22)14-30-24(26)29/h1-4,11-12,17-19H,5-10,14H2,(H2,26,29). The Morgan fingerprint density at radius 1 is 1.00 bits per heavy atom. The topological polar surface area (TPSA) is 106 Å². The van der Waals surface area contributed by atoms with Crippen LogP contribution in [0.25, 0.3) is 0 Å². The van der Waals surface area contributed by atoms with Gasteiger partial charge in [-0.25, -0.2) is 9.78 Å². The van der Waals surface area contributed by atoms with Crippen LogP contribution in [0.1, 0.15) is 83.2 Å². The SMILES string of the molecule is N#Cc1ccc(C2CCC(C(=O)c3nc(COC(N)=O)ccc3C3CC3)CC2)cc1. The van der Waals surface area contributed by atoms with Crippen molar-refractivity contribution in [2.45, 2.75) is 57.0 Å². The van der Waals surface area contributed by atoms with Crippen LogP contribution in [-0.4, -0.2) is 16.9 Å². The lowest BCUT2D eigenvalue weighted by Gasteiger charge is -2.28. The molecule has 1 amide bonds. The third kappa shape index (κ3) is 4.51. The van der Waals surface area contributed by atoms with Gasteiger partial charge in [-0.3, -0.25) is 4.79 Å². The molecule has 0 aliphatic heterocycles. The first-order chi connectivity index (χ1) is 14.5. The van der Waals surface area contributed by atoms with Crippen molar-refractivity contribution in [1.29, 1.82) is 5.26 Å². The molecule has 0 bridgehead atoms. The Morgan fingerprint density at radius 2 is 1.67 bits per heavy atom. The molecule has 6 nitrogen and oxygen atoms in total. The number of benzene rings is 1. The molecule has 2 aliphatic rings. The zero-order valence-electron chi connectivity index (χ0n) is 16.8. The number of rotatable bonds is 6. The van der Waals surface area contributed by atoms with E-state index >= 15 is 0 Å². The number of carbonyl (C=O) groups excluding carboxylic acids is 2. The van der Waals surface area contributed by atoms with Gasteiger partial charge in [0.05, 0.1) is 17.3 Å². The van der Waals surface area contributed by atoms with Gasteiger partial charge in [-0.15, -0.1) is 0 Å². The average Bonchev–Trinajstić information content (AvgIpc) is 3.62. The second kappa shape index (κ2) is 8.66. The number of ether oxygens (including phenoxy) is 1. The van der Waals surface area contributed by atoms with E-state index < -0.39 is 6.09 Å². The summed E-state index contributed by atoms with van der Waals surface area (Å²) in [5, 5.41) is 8.96. The molecule has 6 heteroatoms. The van der Waals surface area contributed by atoms with Crippen LogP contribution in [0.4, 0.5) is 4.79 Å². The van der Waals surface area contributed by atoms with Crippen LogP contribution >= 0.6 is 0 Å². The molecule has 4 rings (SSSR count). The number of nitriles is 1. The van der Waals surface area contributed by atoms with Gasteiger partial charge >= 0.3 is 6.09 Å². The maximum atomic E-state index is 13.3. The van der Waals surface area contributed by atoms with Gasteiger partial charge < -0.3 is 10.5 Å². The van der Waals surface area contributed by atoms with Crippen LogP contribution in [0.5, 0.6) is 0 Å². The average molecular weight is 403 g/mol. The number of pyridine rings is 1. The molecule has 1 heterocycles. The van der Waals surface area contributed by atoms with E-state index in [9.17, 15) is 9.59 Å². The highest BCUT2D eigenvalue weighted by atomic mass is 16.5. The van der Waals surface area contributed by atoms with E-state index in [1.807, 2.05) is 36.4 Å². The third-order valence-corrected chi connectivity index (χ3v) is 6.21. The fourth-order valence-electron chi connectivity index (χ4n) is 4.37. The maximum Gasteiger partial charge on any atom is 0.404 e. The number of amides is 1. The van der Waals surface area contributed by atoms with Crippen molar-refractivity contribution in [2.75, 3.05) is 0 Å². The number of primary amides is 1. The highest BCUT2D eigenvalue weighted by Crippen LogP contribution is 2.43. The number of aromatic nitrogens is 1. The van der Waals surface area contributed by atoms with Gasteiger partial charge in [0, 0.05) is 5.92 Å². The number of carbonyl (C=O) groups is 2.